The number of hydrazine groups is 1. The van der Waals surface area contributed by atoms with Crippen LogP contribution in [0.25, 0.3) is 0 Å². The molecule has 9 nitrogen and oxygen atoms in total. The third-order valence-corrected chi connectivity index (χ3v) is 5.32. The molecule has 1 fully saturated rings. The molecule has 32 heavy (non-hydrogen) atoms. The normalized spacial score (nSPS) is 20.1. The zero-order valence-corrected chi connectivity index (χ0v) is 18.4. The Morgan fingerprint density at radius 1 is 1.22 bits per heavy atom. The van der Waals surface area contributed by atoms with E-state index in [9.17, 15) is 0 Å². The van der Waals surface area contributed by atoms with Crippen molar-refractivity contribution in [1.29, 1.82) is 0 Å². The van der Waals surface area contributed by atoms with E-state index >= 15 is 0 Å². The molecular weight excluding hydrogens is 430 g/mol. The highest BCUT2D eigenvalue weighted by Crippen LogP contribution is 2.37. The molecule has 1 saturated heterocycles. The van der Waals surface area contributed by atoms with Gasteiger partial charge in [-0.25, -0.2) is 10.8 Å². The Hall–Kier alpha value is -3.18. The van der Waals surface area contributed by atoms with Crippen molar-refractivity contribution in [3.05, 3.63) is 72.8 Å². The number of methoxy groups -OCH3 is 1. The van der Waals surface area contributed by atoms with Crippen LogP contribution < -0.4 is 26.1 Å². The van der Waals surface area contributed by atoms with Gasteiger partial charge in [-0.1, -0.05) is 0 Å². The van der Waals surface area contributed by atoms with E-state index in [-0.39, 0.29) is 11.2 Å². The van der Waals surface area contributed by atoms with Gasteiger partial charge in [-0.05, 0) is 60.7 Å². The molecule has 10 heteroatoms. The SMILES string of the molecule is COc1ccc(C2(Cn3ccnc3)OCC(COc3ccc(N(N)C(N)=S)cc3)O2)cc1. The summed E-state index contributed by atoms with van der Waals surface area (Å²) in [5, 5.41) is 1.31. The number of nitrogens with two attached hydrogens (primary N) is 2. The molecule has 2 unspecified atom stereocenters. The van der Waals surface area contributed by atoms with Gasteiger partial charge < -0.3 is 29.2 Å². The molecule has 2 atom stereocenters. The minimum atomic E-state index is -0.957. The van der Waals surface area contributed by atoms with Gasteiger partial charge >= 0.3 is 0 Å². The Balaban J connectivity index is 1.44. The lowest BCUT2D eigenvalue weighted by Gasteiger charge is -2.29. The van der Waals surface area contributed by atoms with Gasteiger partial charge in [-0.2, -0.15) is 0 Å². The van der Waals surface area contributed by atoms with Gasteiger partial charge in [0, 0.05) is 18.0 Å². The van der Waals surface area contributed by atoms with Crippen LogP contribution in [0, 0.1) is 0 Å². The van der Waals surface area contributed by atoms with Crippen molar-refractivity contribution in [2.75, 3.05) is 25.3 Å². The summed E-state index contributed by atoms with van der Waals surface area (Å²) >= 11 is 4.88. The van der Waals surface area contributed by atoms with Crippen LogP contribution >= 0.6 is 12.2 Å². The second-order valence-electron chi connectivity index (χ2n) is 7.28. The summed E-state index contributed by atoms with van der Waals surface area (Å²) in [6.07, 6.45) is 5.07. The molecule has 1 aromatic heterocycles. The zero-order valence-electron chi connectivity index (χ0n) is 17.6. The van der Waals surface area contributed by atoms with Crippen LogP contribution in [0.3, 0.4) is 0 Å². The Kier molecular flexibility index (Phi) is 6.56. The predicted molar refractivity (Wildman–Crippen MR) is 123 cm³/mol. The van der Waals surface area contributed by atoms with Crippen molar-refractivity contribution in [2.24, 2.45) is 11.6 Å². The molecule has 1 aliphatic heterocycles. The number of ether oxygens (including phenoxy) is 4. The first-order chi connectivity index (χ1) is 15.5. The van der Waals surface area contributed by atoms with Crippen molar-refractivity contribution in [3.63, 3.8) is 0 Å². The number of rotatable bonds is 8. The number of anilines is 1. The maximum atomic E-state index is 6.40. The van der Waals surface area contributed by atoms with E-state index in [1.165, 1.54) is 5.01 Å². The summed E-state index contributed by atoms with van der Waals surface area (Å²) in [5.41, 5.74) is 7.10. The molecule has 2 aromatic carbocycles. The van der Waals surface area contributed by atoms with Crippen LogP contribution in [0.4, 0.5) is 5.69 Å². The highest BCUT2D eigenvalue weighted by molar-refractivity contribution is 7.80. The molecule has 4 rings (SSSR count). The number of imidazole rings is 1. The third-order valence-electron chi connectivity index (χ3n) is 5.13. The molecule has 168 valence electrons. The first-order valence-electron chi connectivity index (χ1n) is 9.98. The molecule has 0 spiro atoms. The molecule has 2 heterocycles. The van der Waals surface area contributed by atoms with Crippen LogP contribution in [0.15, 0.2) is 67.3 Å². The molecule has 0 aliphatic carbocycles. The maximum Gasteiger partial charge on any atom is 0.214 e. The molecule has 4 N–H and O–H groups in total. The molecule has 1 aliphatic rings. The first-order valence-corrected chi connectivity index (χ1v) is 10.4. The molecular formula is C22H25N5O4S. The van der Waals surface area contributed by atoms with Crippen molar-refractivity contribution < 1.29 is 18.9 Å². The number of benzene rings is 2. The quantitative estimate of drug-likeness (QED) is 0.300. The monoisotopic (exact) mass is 455 g/mol. The van der Waals surface area contributed by atoms with Gasteiger partial charge in [-0.3, -0.25) is 5.01 Å². The Labute approximate surface area is 191 Å². The van der Waals surface area contributed by atoms with Gasteiger partial charge in [0.05, 0.1) is 32.3 Å². The summed E-state index contributed by atoms with van der Waals surface area (Å²) in [6.45, 7) is 1.16. The lowest BCUT2D eigenvalue weighted by Crippen LogP contribution is -2.41. The van der Waals surface area contributed by atoms with Crippen LogP contribution in [0.2, 0.25) is 0 Å². The van der Waals surface area contributed by atoms with Crippen molar-refractivity contribution in [3.8, 4) is 11.5 Å². The van der Waals surface area contributed by atoms with Crippen molar-refractivity contribution in [2.45, 2.75) is 18.4 Å². The van der Waals surface area contributed by atoms with Crippen LogP contribution in [-0.2, 0) is 21.8 Å². The van der Waals surface area contributed by atoms with E-state index in [1.807, 2.05) is 35.0 Å². The van der Waals surface area contributed by atoms with Crippen LogP contribution in [0.5, 0.6) is 11.5 Å². The third kappa shape index (κ3) is 4.83. The summed E-state index contributed by atoms with van der Waals surface area (Å²) in [5.74, 6) is 6.27. The molecule has 0 radical (unpaired) electrons. The average molecular weight is 456 g/mol. The van der Waals surface area contributed by atoms with Crippen LogP contribution in [0.1, 0.15) is 5.56 Å². The lowest BCUT2D eigenvalue weighted by atomic mass is 10.1. The molecule has 3 aromatic rings. The number of thiocarbonyl (C=S) groups is 1. The number of nitrogens with zero attached hydrogens (tertiary/aromatic N) is 3. The second-order valence-corrected chi connectivity index (χ2v) is 7.70. The highest BCUT2D eigenvalue weighted by Gasteiger charge is 2.44. The minimum Gasteiger partial charge on any atom is -0.497 e. The molecule has 0 bridgehead atoms. The number of aromatic nitrogens is 2. The summed E-state index contributed by atoms with van der Waals surface area (Å²) < 4.78 is 25.7. The van der Waals surface area contributed by atoms with E-state index in [0.717, 1.165) is 11.3 Å². The van der Waals surface area contributed by atoms with E-state index in [4.69, 9.17) is 42.7 Å². The number of hydrogen-bond donors (Lipinski definition) is 2. The maximum absolute atomic E-state index is 6.40. The van der Waals surface area contributed by atoms with E-state index < -0.39 is 5.79 Å². The fourth-order valence-corrected chi connectivity index (χ4v) is 3.56. The van der Waals surface area contributed by atoms with E-state index in [2.05, 4.69) is 4.98 Å². The summed E-state index contributed by atoms with van der Waals surface area (Å²) in [4.78, 5) is 4.12. The van der Waals surface area contributed by atoms with Gasteiger partial charge in [0.2, 0.25) is 5.79 Å². The Bertz CT molecular complexity index is 1030. The highest BCUT2D eigenvalue weighted by atomic mass is 32.1. The minimum absolute atomic E-state index is 0.0861. The standard InChI is InChI=1S/C22H25N5O4S/c1-28-18-6-2-16(3-7-18)22(14-26-11-10-25-15-26)30-13-20(31-22)12-29-19-8-4-17(5-9-19)27(24)21(23)32/h2-11,15,20H,12-14,24H2,1H3,(H2,23,32). The van der Waals surface area contributed by atoms with Crippen molar-refractivity contribution >= 4 is 23.0 Å². The zero-order chi connectivity index (χ0) is 22.6. The topological polar surface area (TPSA) is 110 Å². The lowest BCUT2D eigenvalue weighted by molar-refractivity contribution is -0.189. The largest absolute Gasteiger partial charge is 0.497 e. The predicted octanol–water partition coefficient (Wildman–Crippen LogP) is 2.16. The fourth-order valence-electron chi connectivity index (χ4n) is 3.46. The first kappa shape index (κ1) is 22.0. The van der Waals surface area contributed by atoms with Crippen LogP contribution in [-0.4, -0.2) is 41.1 Å². The Morgan fingerprint density at radius 2 is 1.94 bits per heavy atom. The van der Waals surface area contributed by atoms with Gasteiger partial charge in [0.25, 0.3) is 0 Å². The molecule has 0 amide bonds. The van der Waals surface area contributed by atoms with Gasteiger partial charge in [0.15, 0.2) is 5.11 Å². The molecule has 0 saturated carbocycles. The second kappa shape index (κ2) is 9.53. The summed E-state index contributed by atoms with van der Waals surface area (Å²) in [7, 11) is 1.63. The Morgan fingerprint density at radius 3 is 2.56 bits per heavy atom. The van der Waals surface area contributed by atoms with E-state index in [0.29, 0.717) is 31.2 Å². The summed E-state index contributed by atoms with van der Waals surface area (Å²) in [6, 6.07) is 14.8. The fraction of sp³-hybridized carbons (Fsp3) is 0.273. The smallest absolute Gasteiger partial charge is 0.214 e. The van der Waals surface area contributed by atoms with E-state index in [1.54, 1.807) is 43.9 Å². The van der Waals surface area contributed by atoms with Gasteiger partial charge in [-0.15, -0.1) is 0 Å². The van der Waals surface area contributed by atoms with Crippen molar-refractivity contribution in [1.82, 2.24) is 9.55 Å². The number of hydrogen-bond acceptors (Lipinski definition) is 7. The van der Waals surface area contributed by atoms with Gasteiger partial charge in [0.1, 0.15) is 24.2 Å². The average Bonchev–Trinajstić information content (AvgIpc) is 3.48.